The minimum atomic E-state index is 0. The van der Waals surface area contributed by atoms with Crippen LogP contribution in [0.4, 0.5) is 0 Å². The lowest BCUT2D eigenvalue weighted by molar-refractivity contribution is 0.322. The average Bonchev–Trinajstić information content (AvgIpc) is 2.68. The predicted molar refractivity (Wildman–Crippen MR) is 124 cm³/mol. The maximum absolute atomic E-state index is 5.38. The highest BCUT2D eigenvalue weighted by Crippen LogP contribution is 2.16. The van der Waals surface area contributed by atoms with E-state index in [2.05, 4.69) is 64.0 Å². The van der Waals surface area contributed by atoms with Gasteiger partial charge in [-0.15, -0.1) is 24.0 Å². The van der Waals surface area contributed by atoms with Crippen LogP contribution < -0.4 is 15.4 Å². The molecule has 0 amide bonds. The third-order valence-corrected chi connectivity index (χ3v) is 4.17. The fourth-order valence-corrected chi connectivity index (χ4v) is 2.78. The first kappa shape index (κ1) is 23.2. The molecule has 0 aliphatic carbocycles. The number of hydrogen-bond donors (Lipinski definition) is 2. The van der Waals surface area contributed by atoms with Crippen LogP contribution in [-0.2, 0) is 13.1 Å². The third kappa shape index (κ3) is 8.62. The number of halogens is 1. The molecule has 0 radical (unpaired) electrons. The van der Waals surface area contributed by atoms with E-state index in [1.54, 1.807) is 14.2 Å². The minimum absolute atomic E-state index is 0. The Morgan fingerprint density at radius 3 is 2.44 bits per heavy atom. The number of ether oxygens (including phenoxy) is 1. The summed E-state index contributed by atoms with van der Waals surface area (Å²) < 4.78 is 5.38. The number of nitrogens with zero attached hydrogens (tertiary/aromatic N) is 2. The molecule has 2 aromatic carbocycles. The van der Waals surface area contributed by atoms with Crippen LogP contribution in [0.5, 0.6) is 5.75 Å². The number of para-hydroxylation sites is 1. The summed E-state index contributed by atoms with van der Waals surface area (Å²) in [5, 5.41) is 6.70. The number of aliphatic imine (C=N–C) groups is 1. The largest absolute Gasteiger partial charge is 0.496 e. The van der Waals surface area contributed by atoms with Crippen molar-refractivity contribution in [3.63, 3.8) is 0 Å². The molecule has 0 aliphatic rings. The number of rotatable bonds is 9. The maximum atomic E-state index is 5.38. The summed E-state index contributed by atoms with van der Waals surface area (Å²) in [7, 11) is 5.64. The molecule has 0 bridgehead atoms. The van der Waals surface area contributed by atoms with E-state index in [4.69, 9.17) is 4.74 Å². The first-order valence-corrected chi connectivity index (χ1v) is 9.02. The Morgan fingerprint density at radius 2 is 1.74 bits per heavy atom. The molecule has 2 aromatic rings. The van der Waals surface area contributed by atoms with Crippen LogP contribution in [0.3, 0.4) is 0 Å². The Balaban J connectivity index is 0.00000364. The van der Waals surface area contributed by atoms with Crippen LogP contribution in [0.25, 0.3) is 0 Å². The van der Waals surface area contributed by atoms with E-state index >= 15 is 0 Å². The standard InChI is InChI=1S/C21H30N4O.HI/c1-22-21(24-16-19-12-7-8-13-20(19)26-3)23-14-9-15-25(2)17-18-10-5-4-6-11-18;/h4-8,10-13H,9,14-17H2,1-3H3,(H2,22,23,24);1H. The SMILES string of the molecule is CN=C(NCCCN(C)Cc1ccccc1)NCc1ccccc1OC.I. The molecule has 27 heavy (non-hydrogen) atoms. The van der Waals surface area contributed by atoms with Crippen LogP contribution in [-0.4, -0.2) is 45.2 Å². The van der Waals surface area contributed by atoms with Crippen LogP contribution >= 0.6 is 24.0 Å². The normalized spacial score (nSPS) is 11.0. The van der Waals surface area contributed by atoms with Gasteiger partial charge >= 0.3 is 0 Å². The van der Waals surface area contributed by atoms with E-state index in [1.165, 1.54) is 5.56 Å². The highest BCUT2D eigenvalue weighted by atomic mass is 127. The van der Waals surface area contributed by atoms with Gasteiger partial charge in [-0.2, -0.15) is 0 Å². The van der Waals surface area contributed by atoms with Gasteiger partial charge < -0.3 is 20.3 Å². The summed E-state index contributed by atoms with van der Waals surface area (Å²) in [5.74, 6) is 1.69. The highest BCUT2D eigenvalue weighted by Gasteiger charge is 2.04. The average molecular weight is 482 g/mol. The lowest BCUT2D eigenvalue weighted by Gasteiger charge is -2.18. The molecular formula is C21H31IN4O. The molecule has 0 aromatic heterocycles. The van der Waals surface area contributed by atoms with Crippen molar-refractivity contribution in [1.82, 2.24) is 15.5 Å². The van der Waals surface area contributed by atoms with Crippen molar-refractivity contribution in [2.45, 2.75) is 19.5 Å². The fraction of sp³-hybridized carbons (Fsp3) is 0.381. The molecule has 2 rings (SSSR count). The quantitative estimate of drug-likeness (QED) is 0.249. The Bertz CT molecular complexity index is 679. The summed E-state index contributed by atoms with van der Waals surface area (Å²) in [6.45, 7) is 3.56. The second kappa shape index (κ2) is 13.4. The summed E-state index contributed by atoms with van der Waals surface area (Å²) in [6.07, 6.45) is 1.05. The smallest absolute Gasteiger partial charge is 0.191 e. The summed E-state index contributed by atoms with van der Waals surface area (Å²) in [4.78, 5) is 6.62. The van der Waals surface area contributed by atoms with Crippen molar-refractivity contribution >= 4 is 29.9 Å². The third-order valence-electron chi connectivity index (χ3n) is 4.17. The van der Waals surface area contributed by atoms with E-state index in [-0.39, 0.29) is 24.0 Å². The first-order chi connectivity index (χ1) is 12.7. The molecule has 0 heterocycles. The zero-order chi connectivity index (χ0) is 18.6. The van der Waals surface area contributed by atoms with Crippen LogP contribution in [0, 0.1) is 0 Å². The van der Waals surface area contributed by atoms with E-state index in [9.17, 15) is 0 Å². The zero-order valence-electron chi connectivity index (χ0n) is 16.4. The highest BCUT2D eigenvalue weighted by molar-refractivity contribution is 14.0. The molecule has 0 saturated carbocycles. The summed E-state index contributed by atoms with van der Waals surface area (Å²) in [6, 6.07) is 18.6. The van der Waals surface area contributed by atoms with Gasteiger partial charge in [-0.25, -0.2) is 0 Å². The number of methoxy groups -OCH3 is 1. The van der Waals surface area contributed by atoms with Gasteiger partial charge in [0.15, 0.2) is 5.96 Å². The van der Waals surface area contributed by atoms with Crippen LogP contribution in [0.15, 0.2) is 59.6 Å². The van der Waals surface area contributed by atoms with Crippen molar-refractivity contribution in [3.8, 4) is 5.75 Å². The number of hydrogen-bond acceptors (Lipinski definition) is 3. The molecular weight excluding hydrogens is 451 g/mol. The molecule has 2 N–H and O–H groups in total. The van der Waals surface area contributed by atoms with Crippen molar-refractivity contribution in [1.29, 1.82) is 0 Å². The van der Waals surface area contributed by atoms with E-state index in [0.29, 0.717) is 6.54 Å². The Labute approximate surface area is 180 Å². The number of guanidine groups is 1. The molecule has 5 nitrogen and oxygen atoms in total. The number of benzene rings is 2. The molecule has 0 fully saturated rings. The first-order valence-electron chi connectivity index (χ1n) is 9.02. The second-order valence-corrected chi connectivity index (χ2v) is 6.24. The van der Waals surface area contributed by atoms with Gasteiger partial charge in [0.25, 0.3) is 0 Å². The lowest BCUT2D eigenvalue weighted by Crippen LogP contribution is -2.38. The van der Waals surface area contributed by atoms with Crippen molar-refractivity contribution in [2.75, 3.05) is 34.3 Å². The molecule has 148 valence electrons. The zero-order valence-corrected chi connectivity index (χ0v) is 18.8. The van der Waals surface area contributed by atoms with Crippen molar-refractivity contribution < 1.29 is 4.74 Å². The molecule has 0 unspecified atom stereocenters. The topological polar surface area (TPSA) is 48.9 Å². The van der Waals surface area contributed by atoms with Gasteiger partial charge in [0.2, 0.25) is 0 Å². The van der Waals surface area contributed by atoms with Crippen molar-refractivity contribution in [3.05, 3.63) is 65.7 Å². The lowest BCUT2D eigenvalue weighted by atomic mass is 10.2. The Hall–Kier alpha value is -1.80. The maximum Gasteiger partial charge on any atom is 0.191 e. The van der Waals surface area contributed by atoms with Gasteiger partial charge in [-0.1, -0.05) is 48.5 Å². The van der Waals surface area contributed by atoms with Gasteiger partial charge in [0.05, 0.1) is 7.11 Å². The van der Waals surface area contributed by atoms with Crippen LogP contribution in [0.2, 0.25) is 0 Å². The van der Waals surface area contributed by atoms with Gasteiger partial charge in [0.1, 0.15) is 5.75 Å². The number of nitrogens with one attached hydrogen (secondary N) is 2. The van der Waals surface area contributed by atoms with E-state index in [0.717, 1.165) is 43.3 Å². The van der Waals surface area contributed by atoms with Crippen molar-refractivity contribution in [2.24, 2.45) is 4.99 Å². The van der Waals surface area contributed by atoms with Gasteiger partial charge in [-0.3, -0.25) is 4.99 Å². The Kier molecular flexibility index (Phi) is 11.5. The van der Waals surface area contributed by atoms with E-state index in [1.807, 2.05) is 18.2 Å². The minimum Gasteiger partial charge on any atom is -0.496 e. The summed E-state index contributed by atoms with van der Waals surface area (Å²) in [5.41, 5.74) is 2.46. The monoisotopic (exact) mass is 482 g/mol. The van der Waals surface area contributed by atoms with Crippen LogP contribution in [0.1, 0.15) is 17.5 Å². The Morgan fingerprint density at radius 1 is 1.04 bits per heavy atom. The molecule has 0 saturated heterocycles. The second-order valence-electron chi connectivity index (χ2n) is 6.24. The molecule has 0 spiro atoms. The molecule has 0 atom stereocenters. The fourth-order valence-electron chi connectivity index (χ4n) is 2.78. The van der Waals surface area contributed by atoms with Gasteiger partial charge in [-0.05, 0) is 31.6 Å². The molecule has 0 aliphatic heterocycles. The predicted octanol–water partition coefficient (Wildman–Crippen LogP) is 3.50. The van der Waals surface area contributed by atoms with E-state index < -0.39 is 0 Å². The van der Waals surface area contributed by atoms with Gasteiger partial charge in [0, 0.05) is 32.2 Å². The molecule has 6 heteroatoms. The summed E-state index contributed by atoms with van der Waals surface area (Å²) >= 11 is 0.